The first kappa shape index (κ1) is 20.8. The number of halogens is 2. The van der Waals surface area contributed by atoms with E-state index in [2.05, 4.69) is 20.1 Å². The van der Waals surface area contributed by atoms with Crippen molar-refractivity contribution in [2.24, 2.45) is 10.8 Å². The lowest BCUT2D eigenvalue weighted by molar-refractivity contribution is -0.117. The van der Waals surface area contributed by atoms with Gasteiger partial charge in [-0.3, -0.25) is 10.00 Å². The average Bonchev–Trinajstić information content (AvgIpc) is 3.23. The van der Waals surface area contributed by atoms with Gasteiger partial charge in [0.25, 0.3) is 0 Å². The number of aromatic amines is 1. The molecule has 0 atom stereocenters. The van der Waals surface area contributed by atoms with Crippen LogP contribution >= 0.6 is 0 Å². The van der Waals surface area contributed by atoms with Crippen molar-refractivity contribution in [3.05, 3.63) is 47.0 Å². The summed E-state index contributed by atoms with van der Waals surface area (Å²) in [5, 5.41) is 17.4. The standard InChI is InChI=1S/C24H28F2N6O2/c25-17-2-1-15(18(26)5-17)8-30-9-23(10-30)13-32(14-23)21(33)31-11-22(12-31)6-16(7-22)19-27-20(29-28-19)24(34)3-4-24/h1-2,5,16,34H,3-4,6-14H2,(H,27,28,29). The summed E-state index contributed by atoms with van der Waals surface area (Å²) in [6, 6.07) is 3.86. The number of benzene rings is 1. The number of amides is 2. The first-order valence-electron chi connectivity index (χ1n) is 12.1. The summed E-state index contributed by atoms with van der Waals surface area (Å²) in [7, 11) is 0. The smallest absolute Gasteiger partial charge is 0.320 e. The van der Waals surface area contributed by atoms with Crippen molar-refractivity contribution < 1.29 is 18.7 Å². The quantitative estimate of drug-likeness (QED) is 0.715. The van der Waals surface area contributed by atoms with Gasteiger partial charge in [0.1, 0.15) is 23.1 Å². The maximum atomic E-state index is 13.9. The minimum atomic E-state index is -0.806. The van der Waals surface area contributed by atoms with Crippen LogP contribution in [0.5, 0.6) is 0 Å². The van der Waals surface area contributed by atoms with E-state index in [1.165, 1.54) is 12.1 Å². The number of carbonyl (C=O) groups excluding carboxylic acids is 1. The van der Waals surface area contributed by atoms with Crippen LogP contribution in [0.2, 0.25) is 0 Å². The van der Waals surface area contributed by atoms with Gasteiger partial charge in [0.05, 0.1) is 0 Å². The molecule has 34 heavy (non-hydrogen) atoms. The molecule has 5 fully saturated rings. The number of urea groups is 1. The second-order valence-electron chi connectivity index (χ2n) is 11.6. The van der Waals surface area contributed by atoms with Gasteiger partial charge >= 0.3 is 6.03 Å². The number of rotatable bonds is 4. The molecule has 2 aromatic rings. The van der Waals surface area contributed by atoms with Crippen molar-refractivity contribution in [3.8, 4) is 0 Å². The Morgan fingerprint density at radius 1 is 1.06 bits per heavy atom. The number of carbonyl (C=O) groups is 1. The number of hydrogen-bond acceptors (Lipinski definition) is 5. The molecule has 2 spiro atoms. The number of nitrogens with one attached hydrogen (secondary N) is 1. The molecule has 0 unspecified atom stereocenters. The molecule has 8 nitrogen and oxygen atoms in total. The van der Waals surface area contributed by atoms with Crippen LogP contribution < -0.4 is 0 Å². The third-order valence-corrected chi connectivity index (χ3v) is 8.56. The molecule has 3 aliphatic heterocycles. The van der Waals surface area contributed by atoms with E-state index in [4.69, 9.17) is 0 Å². The molecule has 10 heteroatoms. The van der Waals surface area contributed by atoms with E-state index < -0.39 is 17.2 Å². The highest BCUT2D eigenvalue weighted by molar-refractivity contribution is 5.77. The molecule has 0 radical (unpaired) electrons. The summed E-state index contributed by atoms with van der Waals surface area (Å²) in [4.78, 5) is 23.4. The molecule has 2 aliphatic carbocycles. The van der Waals surface area contributed by atoms with Gasteiger partial charge in [-0.05, 0) is 31.7 Å². The lowest BCUT2D eigenvalue weighted by Crippen LogP contribution is -2.75. The fourth-order valence-electron chi connectivity index (χ4n) is 6.55. The summed E-state index contributed by atoms with van der Waals surface area (Å²) in [6.07, 6.45) is 3.47. The van der Waals surface area contributed by atoms with Gasteiger partial charge in [0, 0.05) is 74.2 Å². The van der Waals surface area contributed by atoms with Crippen molar-refractivity contribution in [1.82, 2.24) is 29.9 Å². The summed E-state index contributed by atoms with van der Waals surface area (Å²) >= 11 is 0. The second-order valence-corrected chi connectivity index (χ2v) is 11.6. The Kier molecular flexibility index (Phi) is 4.12. The van der Waals surface area contributed by atoms with Gasteiger partial charge < -0.3 is 14.9 Å². The van der Waals surface area contributed by atoms with Crippen molar-refractivity contribution in [2.45, 2.75) is 43.7 Å². The zero-order valence-electron chi connectivity index (χ0n) is 18.9. The van der Waals surface area contributed by atoms with Crippen LogP contribution in [0, 0.1) is 22.5 Å². The van der Waals surface area contributed by atoms with Gasteiger partial charge in [-0.25, -0.2) is 18.6 Å². The number of aliphatic hydroxyl groups is 1. The Morgan fingerprint density at radius 2 is 1.74 bits per heavy atom. The molecule has 180 valence electrons. The Morgan fingerprint density at radius 3 is 2.38 bits per heavy atom. The highest BCUT2D eigenvalue weighted by Gasteiger charge is 2.58. The van der Waals surface area contributed by atoms with Crippen molar-refractivity contribution >= 4 is 6.03 Å². The number of H-pyrrole nitrogens is 1. The SMILES string of the molecule is O=C(N1CC2(CC(c3nc(C4(O)CC4)n[nH]3)C2)C1)N1CC2(CN(Cc3ccc(F)cc3F)C2)C1. The van der Waals surface area contributed by atoms with Crippen LogP contribution in [0.1, 0.15) is 48.8 Å². The molecule has 5 aliphatic rings. The van der Waals surface area contributed by atoms with Gasteiger partial charge in [-0.1, -0.05) is 6.07 Å². The molecule has 0 bridgehead atoms. The van der Waals surface area contributed by atoms with E-state index in [9.17, 15) is 18.7 Å². The Hall–Kier alpha value is -2.59. The van der Waals surface area contributed by atoms with Crippen LogP contribution in [0.4, 0.5) is 13.6 Å². The predicted molar refractivity (Wildman–Crippen MR) is 117 cm³/mol. The van der Waals surface area contributed by atoms with Gasteiger partial charge in [0.15, 0.2) is 5.82 Å². The summed E-state index contributed by atoms with van der Waals surface area (Å²) in [5.74, 6) is 0.670. The Balaban J connectivity index is 0.857. The molecule has 7 rings (SSSR count). The molecule has 1 aromatic heterocycles. The van der Waals surface area contributed by atoms with Crippen molar-refractivity contribution in [3.63, 3.8) is 0 Å². The molecule has 2 saturated carbocycles. The molecule has 2 N–H and O–H groups in total. The predicted octanol–water partition coefficient (Wildman–Crippen LogP) is 2.18. The van der Waals surface area contributed by atoms with E-state index in [-0.39, 0.29) is 16.9 Å². The zero-order valence-corrected chi connectivity index (χ0v) is 18.9. The summed E-state index contributed by atoms with van der Waals surface area (Å²) < 4.78 is 27.0. The number of aromatic nitrogens is 3. The molecule has 3 saturated heterocycles. The normalized spacial score (nSPS) is 26.1. The maximum absolute atomic E-state index is 13.9. The van der Waals surface area contributed by atoms with Crippen LogP contribution in [0.25, 0.3) is 0 Å². The fourth-order valence-corrected chi connectivity index (χ4v) is 6.55. The largest absolute Gasteiger partial charge is 0.382 e. The number of likely N-dealkylation sites (tertiary alicyclic amines) is 3. The van der Waals surface area contributed by atoms with E-state index in [0.29, 0.717) is 23.9 Å². The number of nitrogens with zero attached hydrogens (tertiary/aromatic N) is 5. The topological polar surface area (TPSA) is 88.6 Å². The highest BCUT2D eigenvalue weighted by Crippen LogP contribution is 2.56. The van der Waals surface area contributed by atoms with E-state index in [1.807, 2.05) is 9.80 Å². The van der Waals surface area contributed by atoms with Crippen LogP contribution in [-0.4, -0.2) is 80.3 Å². The summed E-state index contributed by atoms with van der Waals surface area (Å²) in [6.45, 7) is 5.26. The van der Waals surface area contributed by atoms with E-state index in [1.54, 1.807) is 0 Å². The van der Waals surface area contributed by atoms with Crippen molar-refractivity contribution in [2.75, 3.05) is 39.3 Å². The van der Waals surface area contributed by atoms with Crippen LogP contribution in [0.3, 0.4) is 0 Å². The average molecular weight is 471 g/mol. The Labute approximate surface area is 195 Å². The first-order valence-corrected chi connectivity index (χ1v) is 12.1. The minimum Gasteiger partial charge on any atom is -0.382 e. The number of hydrogen-bond donors (Lipinski definition) is 2. The molecular formula is C24H28F2N6O2. The van der Waals surface area contributed by atoms with E-state index in [0.717, 1.165) is 76.8 Å². The third-order valence-electron chi connectivity index (χ3n) is 8.56. The molecule has 2 amide bonds. The van der Waals surface area contributed by atoms with Crippen molar-refractivity contribution in [1.29, 1.82) is 0 Å². The zero-order chi connectivity index (χ0) is 23.3. The second kappa shape index (κ2) is 6.75. The van der Waals surface area contributed by atoms with Gasteiger partial charge in [0.2, 0.25) is 0 Å². The third kappa shape index (κ3) is 3.18. The fraction of sp³-hybridized carbons (Fsp3) is 0.625. The molecule has 1 aromatic carbocycles. The Bertz CT molecular complexity index is 1150. The molecule has 4 heterocycles. The first-order chi connectivity index (χ1) is 16.2. The van der Waals surface area contributed by atoms with Crippen LogP contribution in [-0.2, 0) is 12.1 Å². The highest BCUT2D eigenvalue weighted by atomic mass is 19.1. The lowest BCUT2D eigenvalue weighted by atomic mass is 9.57. The summed E-state index contributed by atoms with van der Waals surface area (Å²) in [5.41, 5.74) is 0.0437. The van der Waals surface area contributed by atoms with Gasteiger partial charge in [-0.15, -0.1) is 0 Å². The monoisotopic (exact) mass is 470 g/mol. The minimum absolute atomic E-state index is 0.126. The lowest BCUT2D eigenvalue weighted by Gasteiger charge is -2.63. The van der Waals surface area contributed by atoms with E-state index >= 15 is 0 Å². The van der Waals surface area contributed by atoms with Gasteiger partial charge in [-0.2, -0.15) is 5.10 Å². The molecular weight excluding hydrogens is 442 g/mol. The van der Waals surface area contributed by atoms with Crippen LogP contribution in [0.15, 0.2) is 18.2 Å². The maximum Gasteiger partial charge on any atom is 0.320 e.